The van der Waals surface area contributed by atoms with Crippen molar-refractivity contribution in [2.24, 2.45) is 0 Å². The number of hydrogen-bond acceptors (Lipinski definition) is 5. The minimum atomic E-state index is -0.401. The lowest BCUT2D eigenvalue weighted by Crippen LogP contribution is -2.25. The van der Waals surface area contributed by atoms with E-state index in [1.165, 1.54) is 0 Å². The molecule has 0 aliphatic carbocycles. The minimum absolute atomic E-state index is 0.0752. The monoisotopic (exact) mass is 390 g/mol. The topological polar surface area (TPSA) is 93.2 Å². The van der Waals surface area contributed by atoms with Crippen molar-refractivity contribution in [1.29, 1.82) is 0 Å². The van der Waals surface area contributed by atoms with Crippen molar-refractivity contribution < 1.29 is 14.3 Å². The number of ether oxygens (including phenoxy) is 1. The van der Waals surface area contributed by atoms with Crippen molar-refractivity contribution in [3.05, 3.63) is 83.9 Å². The molecule has 0 aliphatic heterocycles. The number of benzene rings is 1. The summed E-state index contributed by atoms with van der Waals surface area (Å²) in [5.41, 5.74) is 1.66. The van der Waals surface area contributed by atoms with Crippen molar-refractivity contribution in [3.8, 4) is 5.75 Å². The lowest BCUT2D eigenvalue weighted by atomic mass is 10.2. The van der Waals surface area contributed by atoms with Crippen LogP contribution >= 0.6 is 0 Å². The molecule has 7 nitrogen and oxygen atoms in total. The van der Waals surface area contributed by atoms with Crippen LogP contribution < -0.4 is 15.4 Å². The first kappa shape index (κ1) is 20.0. The van der Waals surface area contributed by atoms with Gasteiger partial charge in [-0.1, -0.05) is 12.1 Å². The molecule has 7 heteroatoms. The molecule has 1 aromatic carbocycles. The molecular formula is C22H22N4O3. The van der Waals surface area contributed by atoms with E-state index < -0.39 is 5.91 Å². The predicted octanol–water partition coefficient (Wildman–Crippen LogP) is 3.45. The first-order valence-electron chi connectivity index (χ1n) is 9.24. The molecular weight excluding hydrogens is 368 g/mol. The van der Waals surface area contributed by atoms with E-state index in [-0.39, 0.29) is 29.9 Å². The zero-order valence-corrected chi connectivity index (χ0v) is 16.3. The Bertz CT molecular complexity index is 973. The Hall–Kier alpha value is -3.74. The van der Waals surface area contributed by atoms with Crippen LogP contribution in [0.2, 0.25) is 0 Å². The molecule has 0 saturated heterocycles. The molecule has 0 aliphatic rings. The summed E-state index contributed by atoms with van der Waals surface area (Å²) in [7, 11) is 0. The summed E-state index contributed by atoms with van der Waals surface area (Å²) in [4.78, 5) is 33.1. The second kappa shape index (κ2) is 9.45. The summed E-state index contributed by atoms with van der Waals surface area (Å²) in [6.07, 6.45) is 1.73. The van der Waals surface area contributed by atoms with E-state index in [2.05, 4.69) is 20.6 Å². The number of nitrogens with zero attached hydrogens (tertiary/aromatic N) is 2. The van der Waals surface area contributed by atoms with Crippen molar-refractivity contribution in [3.63, 3.8) is 0 Å². The zero-order chi connectivity index (χ0) is 20.6. The first-order valence-corrected chi connectivity index (χ1v) is 9.24. The Labute approximate surface area is 169 Å². The molecule has 2 heterocycles. The minimum Gasteiger partial charge on any atom is -0.491 e. The molecule has 0 atom stereocenters. The third-order valence-electron chi connectivity index (χ3n) is 3.85. The molecule has 0 unspecified atom stereocenters. The van der Waals surface area contributed by atoms with E-state index in [9.17, 15) is 9.59 Å². The van der Waals surface area contributed by atoms with E-state index in [0.717, 1.165) is 11.4 Å². The fraction of sp³-hybridized carbons (Fsp3) is 0.182. The maximum absolute atomic E-state index is 12.5. The van der Waals surface area contributed by atoms with Gasteiger partial charge in [-0.15, -0.1) is 0 Å². The number of nitrogens with one attached hydrogen (secondary N) is 2. The second-order valence-electron chi connectivity index (χ2n) is 6.56. The van der Waals surface area contributed by atoms with Crippen molar-refractivity contribution in [2.45, 2.75) is 26.5 Å². The van der Waals surface area contributed by atoms with Crippen LogP contribution in [0.25, 0.3) is 0 Å². The fourth-order valence-corrected chi connectivity index (χ4v) is 2.54. The van der Waals surface area contributed by atoms with E-state index >= 15 is 0 Å². The number of hydrogen-bond donors (Lipinski definition) is 2. The van der Waals surface area contributed by atoms with Crippen LogP contribution in [0.3, 0.4) is 0 Å². The van der Waals surface area contributed by atoms with Gasteiger partial charge in [0.05, 0.1) is 18.3 Å². The van der Waals surface area contributed by atoms with Gasteiger partial charge in [0, 0.05) is 11.9 Å². The Morgan fingerprint density at radius 2 is 1.66 bits per heavy atom. The predicted molar refractivity (Wildman–Crippen MR) is 110 cm³/mol. The van der Waals surface area contributed by atoms with E-state index in [4.69, 9.17) is 4.74 Å². The molecule has 3 rings (SSSR count). The van der Waals surface area contributed by atoms with Gasteiger partial charge in [0.25, 0.3) is 11.8 Å². The highest BCUT2D eigenvalue weighted by atomic mass is 16.5. The summed E-state index contributed by atoms with van der Waals surface area (Å²) < 4.78 is 5.58. The highest BCUT2D eigenvalue weighted by molar-refractivity contribution is 6.03. The van der Waals surface area contributed by atoms with E-state index in [1.54, 1.807) is 54.7 Å². The Kier molecular flexibility index (Phi) is 6.52. The quantitative estimate of drug-likeness (QED) is 0.645. The van der Waals surface area contributed by atoms with E-state index in [0.29, 0.717) is 5.69 Å². The SMILES string of the molecule is CC(C)Oc1ccc(NC(=O)c2cccc(C(=O)NCc3ccccn3)n2)cc1. The number of carbonyl (C=O) groups excluding carboxylic acids is 2. The average molecular weight is 390 g/mol. The summed E-state index contributed by atoms with van der Waals surface area (Å²) in [5.74, 6) is -0.0508. The van der Waals surface area contributed by atoms with Gasteiger partial charge in [-0.3, -0.25) is 14.6 Å². The Morgan fingerprint density at radius 3 is 2.31 bits per heavy atom. The number of amides is 2. The molecule has 0 spiro atoms. The van der Waals surface area contributed by atoms with Crippen LogP contribution in [0.4, 0.5) is 5.69 Å². The average Bonchev–Trinajstić information content (AvgIpc) is 2.74. The fourth-order valence-electron chi connectivity index (χ4n) is 2.54. The summed E-state index contributed by atoms with van der Waals surface area (Å²) in [6, 6.07) is 17.3. The number of anilines is 1. The smallest absolute Gasteiger partial charge is 0.274 e. The van der Waals surface area contributed by atoms with Gasteiger partial charge in [0.1, 0.15) is 17.1 Å². The Balaban J connectivity index is 1.62. The van der Waals surface area contributed by atoms with E-state index in [1.807, 2.05) is 26.0 Å². The number of rotatable bonds is 7. The van der Waals surface area contributed by atoms with Gasteiger partial charge in [0.15, 0.2) is 0 Å². The normalized spacial score (nSPS) is 10.4. The molecule has 148 valence electrons. The zero-order valence-electron chi connectivity index (χ0n) is 16.3. The highest BCUT2D eigenvalue weighted by Crippen LogP contribution is 2.17. The summed E-state index contributed by atoms with van der Waals surface area (Å²) in [5, 5.41) is 5.51. The lowest BCUT2D eigenvalue weighted by Gasteiger charge is -2.11. The van der Waals surface area contributed by atoms with Gasteiger partial charge in [-0.2, -0.15) is 0 Å². The molecule has 0 fully saturated rings. The maximum Gasteiger partial charge on any atom is 0.274 e. The van der Waals surface area contributed by atoms with Crippen molar-refractivity contribution >= 4 is 17.5 Å². The standard InChI is InChI=1S/C22H22N4O3/c1-15(2)29-18-11-9-16(10-12-18)25-22(28)20-8-5-7-19(26-20)21(27)24-14-17-6-3-4-13-23-17/h3-13,15H,14H2,1-2H3,(H,24,27)(H,25,28). The van der Waals surface area contributed by atoms with Gasteiger partial charge >= 0.3 is 0 Å². The molecule has 0 radical (unpaired) electrons. The van der Waals surface area contributed by atoms with Crippen LogP contribution in [0.1, 0.15) is 40.5 Å². The number of pyridine rings is 2. The second-order valence-corrected chi connectivity index (χ2v) is 6.56. The maximum atomic E-state index is 12.5. The van der Waals surface area contributed by atoms with Gasteiger partial charge in [-0.25, -0.2) is 4.98 Å². The molecule has 2 amide bonds. The number of aromatic nitrogens is 2. The first-order chi connectivity index (χ1) is 14.0. The summed E-state index contributed by atoms with van der Waals surface area (Å²) >= 11 is 0. The largest absolute Gasteiger partial charge is 0.491 e. The van der Waals surface area contributed by atoms with Crippen molar-refractivity contribution in [1.82, 2.24) is 15.3 Å². The Morgan fingerprint density at radius 1 is 0.931 bits per heavy atom. The van der Waals surface area contributed by atoms with Crippen LogP contribution in [-0.2, 0) is 6.54 Å². The molecule has 0 bridgehead atoms. The highest BCUT2D eigenvalue weighted by Gasteiger charge is 2.13. The van der Waals surface area contributed by atoms with Crippen molar-refractivity contribution in [2.75, 3.05) is 5.32 Å². The third kappa shape index (κ3) is 5.87. The van der Waals surface area contributed by atoms with Gasteiger partial charge in [-0.05, 0) is 62.4 Å². The number of carbonyl (C=O) groups is 2. The van der Waals surface area contributed by atoms with Crippen LogP contribution in [0.15, 0.2) is 66.9 Å². The molecule has 29 heavy (non-hydrogen) atoms. The molecule has 2 N–H and O–H groups in total. The van der Waals surface area contributed by atoms with Gasteiger partial charge < -0.3 is 15.4 Å². The van der Waals surface area contributed by atoms with Gasteiger partial charge in [0.2, 0.25) is 0 Å². The molecule has 3 aromatic rings. The molecule has 2 aromatic heterocycles. The van der Waals surface area contributed by atoms with Crippen LogP contribution in [0.5, 0.6) is 5.75 Å². The summed E-state index contributed by atoms with van der Waals surface area (Å²) in [6.45, 7) is 4.17. The lowest BCUT2D eigenvalue weighted by molar-refractivity contribution is 0.0945. The van der Waals surface area contributed by atoms with Crippen LogP contribution in [-0.4, -0.2) is 27.9 Å². The molecule has 0 saturated carbocycles. The third-order valence-corrected chi connectivity index (χ3v) is 3.85. The van der Waals surface area contributed by atoms with Crippen LogP contribution in [0, 0.1) is 0 Å².